The van der Waals surface area contributed by atoms with Crippen molar-refractivity contribution in [3.63, 3.8) is 0 Å². The van der Waals surface area contributed by atoms with E-state index in [1.165, 1.54) is 5.56 Å². The number of aryl methyl sites for hydroxylation is 1. The van der Waals surface area contributed by atoms with Crippen LogP contribution in [0.2, 0.25) is 0 Å². The van der Waals surface area contributed by atoms with Crippen LogP contribution >= 0.6 is 0 Å². The van der Waals surface area contributed by atoms with E-state index in [4.69, 9.17) is 6.42 Å². The van der Waals surface area contributed by atoms with Gasteiger partial charge in [0.1, 0.15) is 5.82 Å². The molecule has 13 heavy (non-hydrogen) atoms. The second kappa shape index (κ2) is 5.21. The smallest absolute Gasteiger partial charge is 0.126 e. The van der Waals surface area contributed by atoms with E-state index in [-0.39, 0.29) is 0 Å². The highest BCUT2D eigenvalue weighted by Gasteiger charge is 1.91. The Morgan fingerprint density at radius 3 is 3.15 bits per heavy atom. The fourth-order valence-electron chi connectivity index (χ4n) is 1.04. The van der Waals surface area contributed by atoms with Crippen molar-refractivity contribution >= 4 is 5.82 Å². The van der Waals surface area contributed by atoms with Crippen LogP contribution in [0.25, 0.3) is 0 Å². The maximum Gasteiger partial charge on any atom is 0.126 e. The molecule has 0 radical (unpaired) electrons. The van der Waals surface area contributed by atoms with Crippen molar-refractivity contribution in [3.8, 4) is 12.3 Å². The van der Waals surface area contributed by atoms with Crippen LogP contribution in [0.4, 0.5) is 5.82 Å². The quantitative estimate of drug-likeness (QED) is 0.559. The first-order valence-electron chi connectivity index (χ1n) is 4.43. The van der Waals surface area contributed by atoms with Crippen molar-refractivity contribution in [3.05, 3.63) is 23.9 Å². The zero-order valence-electron chi connectivity index (χ0n) is 7.88. The van der Waals surface area contributed by atoms with Crippen molar-refractivity contribution in [2.45, 2.75) is 19.8 Å². The van der Waals surface area contributed by atoms with Gasteiger partial charge in [-0.2, -0.15) is 0 Å². The number of pyridine rings is 1. The first kappa shape index (κ1) is 9.60. The molecule has 2 heteroatoms. The summed E-state index contributed by atoms with van der Waals surface area (Å²) in [6.45, 7) is 2.94. The van der Waals surface area contributed by atoms with Crippen LogP contribution in [0, 0.1) is 19.3 Å². The van der Waals surface area contributed by atoms with Crippen LogP contribution in [-0.4, -0.2) is 11.5 Å². The lowest BCUT2D eigenvalue weighted by Gasteiger charge is -2.03. The topological polar surface area (TPSA) is 24.9 Å². The van der Waals surface area contributed by atoms with E-state index in [0.29, 0.717) is 0 Å². The molecule has 1 heterocycles. The van der Waals surface area contributed by atoms with E-state index >= 15 is 0 Å². The molecule has 1 aromatic heterocycles. The Morgan fingerprint density at radius 2 is 2.46 bits per heavy atom. The molecular weight excluding hydrogens is 160 g/mol. The molecule has 0 aliphatic rings. The van der Waals surface area contributed by atoms with Gasteiger partial charge in [0.15, 0.2) is 0 Å². The molecule has 0 fully saturated rings. The van der Waals surface area contributed by atoms with Crippen LogP contribution in [0.1, 0.15) is 18.4 Å². The molecule has 68 valence electrons. The van der Waals surface area contributed by atoms with Gasteiger partial charge in [-0.05, 0) is 31.0 Å². The number of terminal acetylenes is 1. The predicted molar refractivity (Wildman–Crippen MR) is 55.5 cm³/mol. The summed E-state index contributed by atoms with van der Waals surface area (Å²) in [5, 5.41) is 3.21. The highest BCUT2D eigenvalue weighted by atomic mass is 15.0. The zero-order chi connectivity index (χ0) is 9.52. The van der Waals surface area contributed by atoms with Gasteiger partial charge in [-0.15, -0.1) is 12.3 Å². The Bertz CT molecular complexity index is 299. The lowest BCUT2D eigenvalue weighted by atomic mass is 10.3. The highest BCUT2D eigenvalue weighted by Crippen LogP contribution is 2.04. The number of nitrogens with zero attached hydrogens (tertiary/aromatic N) is 1. The number of unbranched alkanes of at least 4 members (excludes halogenated alkanes) is 1. The molecule has 0 saturated heterocycles. The standard InChI is InChI=1S/C11H14N2/c1-3-4-5-7-12-11-9-10(2)6-8-13-11/h1,6,8-9H,4-5,7H2,2H3,(H,12,13). The van der Waals surface area contributed by atoms with Crippen LogP contribution in [-0.2, 0) is 0 Å². The molecule has 0 amide bonds. The molecule has 0 saturated carbocycles. The van der Waals surface area contributed by atoms with Gasteiger partial charge in [0.2, 0.25) is 0 Å². The molecular formula is C11H14N2. The zero-order valence-corrected chi connectivity index (χ0v) is 7.88. The number of rotatable bonds is 4. The van der Waals surface area contributed by atoms with Gasteiger partial charge in [-0.1, -0.05) is 0 Å². The van der Waals surface area contributed by atoms with E-state index in [2.05, 4.69) is 16.2 Å². The largest absolute Gasteiger partial charge is 0.370 e. The maximum atomic E-state index is 5.14. The molecule has 0 aliphatic carbocycles. The summed E-state index contributed by atoms with van der Waals surface area (Å²) < 4.78 is 0. The van der Waals surface area contributed by atoms with Gasteiger partial charge in [-0.3, -0.25) is 0 Å². The first-order valence-corrected chi connectivity index (χ1v) is 4.43. The Morgan fingerprint density at radius 1 is 1.62 bits per heavy atom. The van der Waals surface area contributed by atoms with Crippen LogP contribution < -0.4 is 5.32 Å². The summed E-state index contributed by atoms with van der Waals surface area (Å²) in [5.41, 5.74) is 1.22. The van der Waals surface area contributed by atoms with E-state index in [0.717, 1.165) is 25.2 Å². The van der Waals surface area contributed by atoms with E-state index < -0.39 is 0 Å². The van der Waals surface area contributed by atoms with Crippen molar-refractivity contribution in [1.29, 1.82) is 0 Å². The van der Waals surface area contributed by atoms with Gasteiger partial charge in [-0.25, -0.2) is 4.98 Å². The summed E-state index contributed by atoms with van der Waals surface area (Å²) in [5.74, 6) is 3.53. The summed E-state index contributed by atoms with van der Waals surface area (Å²) >= 11 is 0. The molecule has 2 nitrogen and oxygen atoms in total. The Labute approximate surface area is 79.4 Å². The normalized spacial score (nSPS) is 9.23. The third-order valence-electron chi connectivity index (χ3n) is 1.72. The van der Waals surface area contributed by atoms with E-state index in [1.54, 1.807) is 6.20 Å². The summed E-state index contributed by atoms with van der Waals surface area (Å²) in [6.07, 6.45) is 8.75. The fraction of sp³-hybridized carbons (Fsp3) is 0.364. The minimum absolute atomic E-state index is 0.818. The van der Waals surface area contributed by atoms with E-state index in [9.17, 15) is 0 Å². The van der Waals surface area contributed by atoms with E-state index in [1.807, 2.05) is 19.1 Å². The second-order valence-electron chi connectivity index (χ2n) is 2.95. The van der Waals surface area contributed by atoms with Gasteiger partial charge in [0.05, 0.1) is 0 Å². The average Bonchev–Trinajstić information content (AvgIpc) is 2.13. The Kier molecular flexibility index (Phi) is 3.84. The molecule has 1 aromatic rings. The molecule has 0 bridgehead atoms. The Balaban J connectivity index is 2.33. The SMILES string of the molecule is C#CCCCNc1cc(C)ccn1. The third-order valence-corrected chi connectivity index (χ3v) is 1.72. The van der Waals surface area contributed by atoms with Gasteiger partial charge in [0.25, 0.3) is 0 Å². The first-order chi connectivity index (χ1) is 6.33. The van der Waals surface area contributed by atoms with Crippen molar-refractivity contribution in [2.24, 2.45) is 0 Å². The average molecular weight is 174 g/mol. The number of aromatic nitrogens is 1. The number of nitrogens with one attached hydrogen (secondary N) is 1. The predicted octanol–water partition coefficient (Wildman–Crippen LogP) is 2.22. The fourth-order valence-corrected chi connectivity index (χ4v) is 1.04. The van der Waals surface area contributed by atoms with Crippen LogP contribution in [0.15, 0.2) is 18.3 Å². The molecule has 0 unspecified atom stereocenters. The van der Waals surface area contributed by atoms with Crippen molar-refractivity contribution < 1.29 is 0 Å². The summed E-state index contributed by atoms with van der Waals surface area (Å²) in [4.78, 5) is 4.17. The molecule has 0 atom stereocenters. The number of hydrogen-bond acceptors (Lipinski definition) is 2. The Hall–Kier alpha value is -1.49. The van der Waals surface area contributed by atoms with Gasteiger partial charge in [0, 0.05) is 19.2 Å². The second-order valence-corrected chi connectivity index (χ2v) is 2.95. The van der Waals surface area contributed by atoms with Crippen molar-refractivity contribution in [2.75, 3.05) is 11.9 Å². The minimum Gasteiger partial charge on any atom is -0.370 e. The van der Waals surface area contributed by atoms with Gasteiger partial charge < -0.3 is 5.32 Å². The number of hydrogen-bond donors (Lipinski definition) is 1. The lowest BCUT2D eigenvalue weighted by Crippen LogP contribution is -2.02. The molecule has 0 spiro atoms. The number of anilines is 1. The molecule has 1 N–H and O–H groups in total. The van der Waals surface area contributed by atoms with Crippen molar-refractivity contribution in [1.82, 2.24) is 4.98 Å². The molecule has 0 aliphatic heterocycles. The lowest BCUT2D eigenvalue weighted by molar-refractivity contribution is 0.901. The third kappa shape index (κ3) is 3.62. The monoisotopic (exact) mass is 174 g/mol. The van der Waals surface area contributed by atoms with Crippen LogP contribution in [0.5, 0.6) is 0 Å². The molecule has 1 rings (SSSR count). The summed E-state index contributed by atoms with van der Waals surface area (Å²) in [7, 11) is 0. The minimum atomic E-state index is 0.818. The summed E-state index contributed by atoms with van der Waals surface area (Å²) in [6, 6.07) is 4.00. The molecule has 0 aromatic carbocycles. The van der Waals surface area contributed by atoms with Gasteiger partial charge >= 0.3 is 0 Å². The van der Waals surface area contributed by atoms with Crippen LogP contribution in [0.3, 0.4) is 0 Å². The highest BCUT2D eigenvalue weighted by molar-refractivity contribution is 5.36. The maximum absolute atomic E-state index is 5.14.